The first-order chi connectivity index (χ1) is 6.81. The Morgan fingerprint density at radius 1 is 1.50 bits per heavy atom. The van der Waals surface area contributed by atoms with E-state index in [0.717, 1.165) is 11.1 Å². The molecule has 0 saturated heterocycles. The van der Waals surface area contributed by atoms with Gasteiger partial charge in [0.15, 0.2) is 5.82 Å². The second-order valence-corrected chi connectivity index (χ2v) is 3.20. The minimum atomic E-state index is 0.344. The predicted molar refractivity (Wildman–Crippen MR) is 53.9 cm³/mol. The molecule has 0 aliphatic rings. The lowest BCUT2D eigenvalue weighted by Gasteiger charge is -1.97. The van der Waals surface area contributed by atoms with Crippen molar-refractivity contribution < 1.29 is 0 Å². The highest BCUT2D eigenvalue weighted by Crippen LogP contribution is 2.17. The van der Waals surface area contributed by atoms with E-state index in [2.05, 4.69) is 20.2 Å². The fourth-order valence-corrected chi connectivity index (χ4v) is 1.32. The molecule has 0 spiro atoms. The Bertz CT molecular complexity index is 438. The van der Waals surface area contributed by atoms with Gasteiger partial charge in [0, 0.05) is 18.0 Å². The van der Waals surface area contributed by atoms with Gasteiger partial charge >= 0.3 is 0 Å². The monoisotopic (exact) mass is 208 g/mol. The van der Waals surface area contributed by atoms with Gasteiger partial charge in [-0.1, -0.05) is 0 Å². The van der Waals surface area contributed by atoms with Crippen molar-refractivity contribution in [3.63, 3.8) is 0 Å². The molecule has 0 radical (unpaired) electrons. The van der Waals surface area contributed by atoms with Crippen molar-refractivity contribution >= 4 is 11.6 Å². The number of aromatic amines is 1. The Balaban J connectivity index is 2.44. The molecule has 0 aromatic carbocycles. The highest BCUT2D eigenvalue weighted by Gasteiger charge is 2.07. The summed E-state index contributed by atoms with van der Waals surface area (Å²) in [5.41, 5.74) is 2.03. The lowest BCUT2D eigenvalue weighted by atomic mass is 10.1. The zero-order chi connectivity index (χ0) is 9.97. The van der Waals surface area contributed by atoms with Crippen molar-refractivity contribution in [1.29, 1.82) is 0 Å². The van der Waals surface area contributed by atoms with Crippen LogP contribution in [0.2, 0.25) is 0 Å². The van der Waals surface area contributed by atoms with Crippen LogP contribution in [-0.2, 0) is 5.88 Å². The quantitative estimate of drug-likeness (QED) is 0.768. The second kappa shape index (κ2) is 3.75. The molecule has 72 valence electrons. The maximum Gasteiger partial charge on any atom is 0.181 e. The average Bonchev–Trinajstić information content (AvgIpc) is 2.67. The number of aromatic nitrogens is 4. The number of aryl methyl sites for hydroxylation is 1. The number of rotatable bonds is 2. The van der Waals surface area contributed by atoms with Gasteiger partial charge < -0.3 is 0 Å². The first-order valence-electron chi connectivity index (χ1n) is 4.19. The number of H-pyrrole nitrogens is 1. The van der Waals surface area contributed by atoms with Gasteiger partial charge in [-0.15, -0.1) is 11.6 Å². The van der Waals surface area contributed by atoms with Crippen LogP contribution < -0.4 is 0 Å². The summed E-state index contributed by atoms with van der Waals surface area (Å²) in [6.07, 6.45) is 3.51. The minimum Gasteiger partial charge on any atom is -0.264 e. The molecule has 0 aliphatic carbocycles. The van der Waals surface area contributed by atoms with E-state index >= 15 is 0 Å². The Hall–Kier alpha value is -1.42. The van der Waals surface area contributed by atoms with E-state index in [1.807, 2.05) is 13.0 Å². The van der Waals surface area contributed by atoms with E-state index in [0.29, 0.717) is 17.5 Å². The fourth-order valence-electron chi connectivity index (χ4n) is 1.20. The summed E-state index contributed by atoms with van der Waals surface area (Å²) >= 11 is 5.62. The third kappa shape index (κ3) is 1.61. The molecule has 2 heterocycles. The molecule has 5 heteroatoms. The van der Waals surface area contributed by atoms with Gasteiger partial charge in [-0.25, -0.2) is 4.98 Å². The number of alkyl halides is 1. The third-order valence-electron chi connectivity index (χ3n) is 1.92. The Morgan fingerprint density at radius 3 is 3.00 bits per heavy atom. The van der Waals surface area contributed by atoms with Gasteiger partial charge in [0.2, 0.25) is 0 Å². The maximum atomic E-state index is 5.62. The van der Waals surface area contributed by atoms with E-state index in [4.69, 9.17) is 11.6 Å². The highest BCUT2D eigenvalue weighted by atomic mass is 35.5. The van der Waals surface area contributed by atoms with Crippen LogP contribution in [0.3, 0.4) is 0 Å². The zero-order valence-electron chi connectivity index (χ0n) is 7.66. The molecule has 1 N–H and O–H groups in total. The summed E-state index contributed by atoms with van der Waals surface area (Å²) < 4.78 is 0. The number of halogens is 1. The molecule has 0 bridgehead atoms. The van der Waals surface area contributed by atoms with Crippen LogP contribution in [0.1, 0.15) is 11.4 Å². The van der Waals surface area contributed by atoms with Crippen molar-refractivity contribution in [2.24, 2.45) is 0 Å². The van der Waals surface area contributed by atoms with E-state index in [1.54, 1.807) is 12.4 Å². The van der Waals surface area contributed by atoms with Crippen molar-refractivity contribution in [1.82, 2.24) is 20.2 Å². The molecule has 2 aromatic rings. The van der Waals surface area contributed by atoms with Crippen LogP contribution in [0.5, 0.6) is 0 Å². The Kier molecular flexibility index (Phi) is 2.45. The van der Waals surface area contributed by atoms with Crippen LogP contribution in [0, 0.1) is 6.92 Å². The van der Waals surface area contributed by atoms with Gasteiger partial charge in [0.25, 0.3) is 0 Å². The maximum absolute atomic E-state index is 5.62. The molecule has 0 saturated carbocycles. The molecule has 2 aromatic heterocycles. The molecule has 14 heavy (non-hydrogen) atoms. The van der Waals surface area contributed by atoms with Gasteiger partial charge in [0.05, 0.1) is 5.88 Å². The fraction of sp³-hybridized carbons (Fsp3) is 0.222. The summed E-state index contributed by atoms with van der Waals surface area (Å²) in [6.45, 7) is 1.97. The van der Waals surface area contributed by atoms with Crippen LogP contribution in [-0.4, -0.2) is 20.2 Å². The summed E-state index contributed by atoms with van der Waals surface area (Å²) in [5.74, 6) is 1.69. The lowest BCUT2D eigenvalue weighted by molar-refractivity contribution is 1.02. The van der Waals surface area contributed by atoms with Gasteiger partial charge in [-0.2, -0.15) is 5.10 Å². The largest absolute Gasteiger partial charge is 0.264 e. The normalized spacial score (nSPS) is 10.4. The molecule has 0 atom stereocenters. The topological polar surface area (TPSA) is 54.5 Å². The van der Waals surface area contributed by atoms with E-state index in [9.17, 15) is 0 Å². The molecular formula is C9H9ClN4. The number of hydrogen-bond acceptors (Lipinski definition) is 3. The smallest absolute Gasteiger partial charge is 0.181 e. The first-order valence-corrected chi connectivity index (χ1v) is 4.73. The molecular weight excluding hydrogens is 200 g/mol. The molecule has 0 fully saturated rings. The SMILES string of the molecule is Cc1cnccc1-c1n[nH]c(CCl)n1. The highest BCUT2D eigenvalue weighted by molar-refractivity contribution is 6.16. The summed E-state index contributed by atoms with van der Waals surface area (Å²) in [7, 11) is 0. The van der Waals surface area contributed by atoms with Crippen LogP contribution in [0.25, 0.3) is 11.4 Å². The predicted octanol–water partition coefficient (Wildman–Crippen LogP) is 1.91. The number of hydrogen-bond donors (Lipinski definition) is 1. The first kappa shape index (κ1) is 9.15. The average molecular weight is 209 g/mol. The van der Waals surface area contributed by atoms with Crippen LogP contribution in [0.4, 0.5) is 0 Å². The Morgan fingerprint density at radius 2 is 2.36 bits per heavy atom. The van der Waals surface area contributed by atoms with Crippen molar-refractivity contribution in [2.45, 2.75) is 12.8 Å². The zero-order valence-corrected chi connectivity index (χ0v) is 8.41. The molecule has 0 unspecified atom stereocenters. The second-order valence-electron chi connectivity index (χ2n) is 2.93. The molecule has 0 aliphatic heterocycles. The molecule has 2 rings (SSSR count). The summed E-state index contributed by atoms with van der Waals surface area (Å²) in [4.78, 5) is 8.24. The van der Waals surface area contributed by atoms with Crippen LogP contribution in [0.15, 0.2) is 18.5 Å². The number of nitrogens with one attached hydrogen (secondary N) is 1. The number of pyridine rings is 1. The van der Waals surface area contributed by atoms with Crippen molar-refractivity contribution in [3.8, 4) is 11.4 Å². The summed E-state index contributed by atoms with van der Waals surface area (Å²) in [5, 5.41) is 6.84. The van der Waals surface area contributed by atoms with E-state index < -0.39 is 0 Å². The van der Waals surface area contributed by atoms with Gasteiger partial charge in [0.1, 0.15) is 5.82 Å². The molecule has 4 nitrogen and oxygen atoms in total. The van der Waals surface area contributed by atoms with Crippen molar-refractivity contribution in [2.75, 3.05) is 0 Å². The molecule has 0 amide bonds. The van der Waals surface area contributed by atoms with E-state index in [1.165, 1.54) is 0 Å². The lowest BCUT2D eigenvalue weighted by Crippen LogP contribution is -1.86. The standard InChI is InChI=1S/C9H9ClN4/c1-6-5-11-3-2-7(6)9-12-8(4-10)13-14-9/h2-3,5H,4H2,1H3,(H,12,13,14). The van der Waals surface area contributed by atoms with Crippen molar-refractivity contribution in [3.05, 3.63) is 29.8 Å². The Labute approximate surface area is 86.4 Å². The summed E-state index contributed by atoms with van der Waals surface area (Å²) in [6, 6.07) is 1.89. The number of nitrogens with zero attached hydrogens (tertiary/aromatic N) is 3. The van der Waals surface area contributed by atoms with Gasteiger partial charge in [-0.3, -0.25) is 10.1 Å². The van der Waals surface area contributed by atoms with Crippen LogP contribution >= 0.6 is 11.6 Å². The van der Waals surface area contributed by atoms with Gasteiger partial charge in [-0.05, 0) is 18.6 Å². The minimum absolute atomic E-state index is 0.344. The van der Waals surface area contributed by atoms with E-state index in [-0.39, 0.29) is 0 Å². The third-order valence-corrected chi connectivity index (χ3v) is 2.17.